The van der Waals surface area contributed by atoms with E-state index in [1.165, 1.54) is 31.4 Å². The van der Waals surface area contributed by atoms with Crippen molar-refractivity contribution < 1.29 is 18.7 Å². The smallest absolute Gasteiger partial charge is 0.332 e. The molecule has 0 saturated heterocycles. The highest BCUT2D eigenvalue weighted by molar-refractivity contribution is 7.07. The lowest BCUT2D eigenvalue weighted by Crippen LogP contribution is -2.40. The Morgan fingerprint density at radius 3 is 2.53 bits per heavy atom. The molecule has 0 saturated carbocycles. The summed E-state index contributed by atoms with van der Waals surface area (Å²) < 4.78 is 19.6. The van der Waals surface area contributed by atoms with Crippen LogP contribution in [0.15, 0.2) is 77.1 Å². The third kappa shape index (κ3) is 4.25. The van der Waals surface area contributed by atoms with E-state index in [0.29, 0.717) is 11.3 Å². The number of methoxy groups -OCH3 is 1. The van der Waals surface area contributed by atoms with E-state index in [1.807, 2.05) is 36.4 Å². The molecule has 1 amide bonds. The number of allylic oxidation sites excluding steroid dienone is 1. The maximum absolute atomic E-state index is 13.9. The molecule has 4 aromatic rings. The normalized spacial score (nSPS) is 15.2. The Bertz CT molecular complexity index is 1880. The second kappa shape index (κ2) is 9.80. The number of carbonyl (C=O) groups is 2. The summed E-state index contributed by atoms with van der Waals surface area (Å²) in [6, 6.07) is 20.4. The van der Waals surface area contributed by atoms with Gasteiger partial charge >= 0.3 is 5.97 Å². The topological polar surface area (TPSA) is 127 Å². The van der Waals surface area contributed by atoms with Crippen LogP contribution in [0.2, 0.25) is 0 Å². The summed E-state index contributed by atoms with van der Waals surface area (Å²) in [5.74, 6) is -3.02. The van der Waals surface area contributed by atoms with Crippen molar-refractivity contribution in [1.29, 1.82) is 5.26 Å². The molecule has 0 fully saturated rings. The predicted octanol–water partition coefficient (Wildman–Crippen LogP) is 2.39. The molecule has 3 N–H and O–H groups in total. The number of hydrogen-bond donors (Lipinski definition) is 2. The Balaban J connectivity index is 1.77. The molecule has 188 valence electrons. The van der Waals surface area contributed by atoms with Gasteiger partial charge in [-0.15, -0.1) is 11.3 Å². The first-order chi connectivity index (χ1) is 18.3. The molecule has 2 heterocycles. The minimum atomic E-state index is -0.995. The van der Waals surface area contributed by atoms with Crippen molar-refractivity contribution in [3.8, 4) is 6.07 Å². The second-order valence-corrected chi connectivity index (χ2v) is 9.44. The molecule has 8 nitrogen and oxygen atoms in total. The lowest BCUT2D eigenvalue weighted by molar-refractivity contribution is -0.133. The molecular weight excluding hydrogens is 507 g/mol. The van der Waals surface area contributed by atoms with E-state index in [1.54, 1.807) is 12.1 Å². The number of aromatic nitrogens is 1. The zero-order chi connectivity index (χ0) is 27.0. The molecule has 0 radical (unpaired) electrons. The van der Waals surface area contributed by atoms with Crippen molar-refractivity contribution in [2.75, 3.05) is 12.4 Å². The van der Waals surface area contributed by atoms with Gasteiger partial charge in [0.25, 0.3) is 11.5 Å². The monoisotopic (exact) mass is 526 g/mol. The summed E-state index contributed by atoms with van der Waals surface area (Å²) in [4.78, 5) is 39.0. The number of halogens is 1. The Hall–Kier alpha value is -5.01. The quantitative estimate of drug-likeness (QED) is 0.393. The Kier molecular flexibility index (Phi) is 6.36. The van der Waals surface area contributed by atoms with E-state index in [9.17, 15) is 24.0 Å². The number of hydrogen-bond acceptors (Lipinski definition) is 7. The van der Waals surface area contributed by atoms with Crippen LogP contribution in [0.25, 0.3) is 28.2 Å². The van der Waals surface area contributed by atoms with Gasteiger partial charge in [0.15, 0.2) is 0 Å². The van der Waals surface area contributed by atoms with Crippen LogP contribution in [0.3, 0.4) is 0 Å². The van der Waals surface area contributed by atoms with Crippen LogP contribution in [-0.2, 0) is 14.3 Å². The third-order valence-electron chi connectivity index (χ3n) is 6.17. The number of nitrogens with two attached hydrogens (primary N) is 1. The molecule has 1 aliphatic rings. The molecular formula is C28H19FN4O4S. The fourth-order valence-corrected chi connectivity index (χ4v) is 5.52. The zero-order valence-electron chi connectivity index (χ0n) is 19.9. The highest BCUT2D eigenvalue weighted by atomic mass is 32.1. The number of anilines is 1. The Morgan fingerprint density at radius 1 is 1.13 bits per heavy atom. The molecule has 0 aliphatic carbocycles. The highest BCUT2D eigenvalue weighted by Crippen LogP contribution is 2.36. The van der Waals surface area contributed by atoms with Crippen LogP contribution >= 0.6 is 11.3 Å². The summed E-state index contributed by atoms with van der Waals surface area (Å²) >= 11 is 0.872. The predicted molar refractivity (Wildman–Crippen MR) is 142 cm³/mol. The van der Waals surface area contributed by atoms with Crippen LogP contribution in [0.1, 0.15) is 11.5 Å². The summed E-state index contributed by atoms with van der Waals surface area (Å²) in [6.45, 7) is 0. The summed E-state index contributed by atoms with van der Waals surface area (Å²) in [6.07, 6.45) is 1.00. The van der Waals surface area contributed by atoms with Gasteiger partial charge in [-0.2, -0.15) is 5.26 Å². The first-order valence-corrected chi connectivity index (χ1v) is 12.2. The number of nitriles is 1. The van der Waals surface area contributed by atoms with Crippen molar-refractivity contribution >= 4 is 57.1 Å². The number of nitrogens with zero attached hydrogens (tertiary/aromatic N) is 2. The fraction of sp³-hybridized carbons (Fsp3) is 0.0714. The minimum absolute atomic E-state index is 0.0251. The lowest BCUT2D eigenvalue weighted by atomic mass is 9.83. The van der Waals surface area contributed by atoms with E-state index < -0.39 is 29.2 Å². The van der Waals surface area contributed by atoms with Crippen molar-refractivity contribution in [3.05, 3.63) is 103 Å². The molecule has 3 aromatic carbocycles. The highest BCUT2D eigenvalue weighted by Gasteiger charge is 2.35. The van der Waals surface area contributed by atoms with Crippen LogP contribution in [-0.4, -0.2) is 23.6 Å². The van der Waals surface area contributed by atoms with E-state index in [0.717, 1.165) is 32.8 Å². The van der Waals surface area contributed by atoms with E-state index in [-0.39, 0.29) is 26.2 Å². The van der Waals surface area contributed by atoms with E-state index in [4.69, 9.17) is 5.73 Å². The largest absolute Gasteiger partial charge is 0.466 e. The van der Waals surface area contributed by atoms with Gasteiger partial charge in [-0.25, -0.2) is 9.18 Å². The van der Waals surface area contributed by atoms with E-state index in [2.05, 4.69) is 10.1 Å². The van der Waals surface area contributed by atoms with Gasteiger partial charge in [0, 0.05) is 11.8 Å². The fourth-order valence-electron chi connectivity index (χ4n) is 4.39. The molecule has 0 spiro atoms. The SMILES string of the molecule is COC(=O)/C=c1\sc2n(c1=O)C(N)=C(C#N)C(c1ccc(F)cc1)C=2C(=O)Nc1ccc2ccccc2c1. The molecule has 0 bridgehead atoms. The first-order valence-electron chi connectivity index (χ1n) is 11.3. The van der Waals surface area contributed by atoms with Gasteiger partial charge in [0.2, 0.25) is 0 Å². The number of ether oxygens (including phenoxy) is 1. The number of nitrogens with one attached hydrogen (secondary N) is 1. The van der Waals surface area contributed by atoms with Crippen molar-refractivity contribution in [2.45, 2.75) is 5.92 Å². The standard InChI is InChI=1S/C28H19FN4O4S/c1-37-22(34)13-21-27(36)33-25(31)20(14-30)23(16-6-9-18(29)10-7-16)24(28(33)38-21)26(35)32-19-11-8-15-4-2-3-5-17(15)12-19/h2-13,23H,31H2,1H3,(H,32,35)/b21-13-. The Morgan fingerprint density at radius 2 is 1.84 bits per heavy atom. The average molecular weight is 527 g/mol. The molecule has 38 heavy (non-hydrogen) atoms. The summed E-state index contributed by atoms with van der Waals surface area (Å²) in [7, 11) is 1.17. The number of benzene rings is 3. The third-order valence-corrected chi connectivity index (χ3v) is 7.28. The summed E-state index contributed by atoms with van der Waals surface area (Å²) in [5.41, 5.74) is 6.54. The van der Waals surface area contributed by atoms with Gasteiger partial charge in [-0.1, -0.05) is 42.5 Å². The van der Waals surface area contributed by atoms with Crippen molar-refractivity contribution in [2.24, 2.45) is 5.73 Å². The number of carbonyl (C=O) groups excluding carboxylic acids is 2. The lowest BCUT2D eigenvalue weighted by Gasteiger charge is -2.25. The van der Waals surface area contributed by atoms with Gasteiger partial charge in [-0.05, 0) is 40.6 Å². The molecule has 1 atom stereocenters. The van der Waals surface area contributed by atoms with Gasteiger partial charge in [0.05, 0.1) is 30.2 Å². The number of thiazole rings is 1. The molecule has 10 heteroatoms. The number of esters is 1. The number of rotatable bonds is 4. The minimum Gasteiger partial charge on any atom is -0.466 e. The maximum atomic E-state index is 13.9. The van der Waals surface area contributed by atoms with Crippen molar-refractivity contribution in [1.82, 2.24) is 4.57 Å². The zero-order valence-corrected chi connectivity index (χ0v) is 20.7. The van der Waals surface area contributed by atoms with Gasteiger partial charge in [0.1, 0.15) is 20.8 Å². The summed E-state index contributed by atoms with van der Waals surface area (Å²) in [5, 5.41) is 14.8. The molecule has 5 rings (SSSR count). The van der Waals surface area contributed by atoms with Gasteiger partial charge < -0.3 is 15.8 Å². The maximum Gasteiger partial charge on any atom is 0.332 e. The van der Waals surface area contributed by atoms with Crippen LogP contribution < -0.4 is 25.8 Å². The molecule has 1 unspecified atom stereocenters. The van der Waals surface area contributed by atoms with Crippen molar-refractivity contribution in [3.63, 3.8) is 0 Å². The number of fused-ring (bicyclic) bond motifs is 2. The molecule has 1 aliphatic heterocycles. The van der Waals surface area contributed by atoms with Crippen LogP contribution in [0.5, 0.6) is 0 Å². The second-order valence-electron chi connectivity index (χ2n) is 8.40. The molecule has 1 aromatic heterocycles. The average Bonchev–Trinajstić information content (AvgIpc) is 3.24. The van der Waals surface area contributed by atoms with Crippen LogP contribution in [0.4, 0.5) is 10.1 Å². The van der Waals surface area contributed by atoms with Gasteiger partial charge in [-0.3, -0.25) is 14.2 Å². The van der Waals surface area contributed by atoms with Crippen LogP contribution in [0, 0.1) is 17.1 Å². The Labute approximate surface area is 219 Å². The number of amides is 1. The van der Waals surface area contributed by atoms with E-state index >= 15 is 0 Å². The first kappa shape index (κ1) is 24.7.